The largest absolute Gasteiger partial charge is 0.497 e. The smallest absolute Gasteiger partial charge is 0.243 e. The van der Waals surface area contributed by atoms with Crippen LogP contribution in [0.2, 0.25) is 0 Å². The molecule has 0 spiro atoms. The Morgan fingerprint density at radius 3 is 2.39 bits per heavy atom. The van der Waals surface area contributed by atoms with E-state index in [1.165, 1.54) is 0 Å². The van der Waals surface area contributed by atoms with E-state index in [-0.39, 0.29) is 12.5 Å². The molecule has 0 saturated heterocycles. The Kier molecular flexibility index (Phi) is 5.68. The fourth-order valence-corrected chi connectivity index (χ4v) is 2.03. The highest BCUT2D eigenvalue weighted by molar-refractivity contribution is 5.93. The van der Waals surface area contributed by atoms with Crippen molar-refractivity contribution in [3.63, 3.8) is 0 Å². The third-order valence-corrected chi connectivity index (χ3v) is 3.19. The van der Waals surface area contributed by atoms with E-state index in [4.69, 9.17) is 14.2 Å². The number of hydrogen-bond donors (Lipinski definition) is 2. The van der Waals surface area contributed by atoms with Crippen molar-refractivity contribution < 1.29 is 19.0 Å². The van der Waals surface area contributed by atoms with Crippen molar-refractivity contribution in [2.24, 2.45) is 0 Å². The number of methoxy groups -OCH3 is 3. The Balaban J connectivity index is 1.93. The Morgan fingerprint density at radius 2 is 1.70 bits per heavy atom. The third kappa shape index (κ3) is 4.54. The number of nitrogens with one attached hydrogen (secondary N) is 2. The summed E-state index contributed by atoms with van der Waals surface area (Å²) in [5, 5.41) is 5.84. The molecule has 2 aromatic rings. The van der Waals surface area contributed by atoms with Gasteiger partial charge in [-0.25, -0.2) is 0 Å². The maximum absolute atomic E-state index is 12.0. The minimum Gasteiger partial charge on any atom is -0.497 e. The fourth-order valence-electron chi connectivity index (χ4n) is 2.03. The van der Waals surface area contributed by atoms with Crippen molar-refractivity contribution >= 4 is 17.3 Å². The molecule has 0 aliphatic rings. The minimum atomic E-state index is -0.159. The zero-order valence-corrected chi connectivity index (χ0v) is 13.4. The van der Waals surface area contributed by atoms with Crippen LogP contribution in [0.5, 0.6) is 17.2 Å². The van der Waals surface area contributed by atoms with Gasteiger partial charge in [-0.05, 0) is 24.3 Å². The number of ether oxygens (including phenoxy) is 3. The first-order valence-corrected chi connectivity index (χ1v) is 7.06. The standard InChI is InChI=1S/C17H20N2O4/c1-21-14-6-4-5-13(9-14)19-17(20)11-18-12-7-8-15(22-2)16(10-12)23-3/h4-10,18H,11H2,1-3H3,(H,19,20). The van der Waals surface area contributed by atoms with Crippen molar-refractivity contribution in [3.8, 4) is 17.2 Å². The summed E-state index contributed by atoms with van der Waals surface area (Å²) >= 11 is 0. The van der Waals surface area contributed by atoms with Crippen LogP contribution in [0.3, 0.4) is 0 Å². The first-order valence-electron chi connectivity index (χ1n) is 7.06. The zero-order chi connectivity index (χ0) is 16.7. The van der Waals surface area contributed by atoms with Gasteiger partial charge in [0.25, 0.3) is 0 Å². The van der Waals surface area contributed by atoms with Crippen LogP contribution in [-0.4, -0.2) is 33.8 Å². The molecule has 23 heavy (non-hydrogen) atoms. The van der Waals surface area contributed by atoms with Crippen LogP contribution in [0.4, 0.5) is 11.4 Å². The minimum absolute atomic E-state index is 0.132. The molecule has 6 heteroatoms. The Hall–Kier alpha value is -2.89. The van der Waals surface area contributed by atoms with Gasteiger partial charge < -0.3 is 24.8 Å². The van der Waals surface area contributed by atoms with Gasteiger partial charge in [0.2, 0.25) is 5.91 Å². The Bertz CT molecular complexity index is 673. The summed E-state index contributed by atoms with van der Waals surface area (Å²) in [4.78, 5) is 12.0. The zero-order valence-electron chi connectivity index (χ0n) is 13.4. The van der Waals surface area contributed by atoms with Crippen LogP contribution in [0.1, 0.15) is 0 Å². The van der Waals surface area contributed by atoms with Crippen LogP contribution >= 0.6 is 0 Å². The van der Waals surface area contributed by atoms with Crippen molar-refractivity contribution in [1.29, 1.82) is 0 Å². The summed E-state index contributed by atoms with van der Waals surface area (Å²) in [5.41, 5.74) is 1.45. The lowest BCUT2D eigenvalue weighted by atomic mass is 10.2. The number of anilines is 2. The van der Waals surface area contributed by atoms with E-state index in [0.717, 1.165) is 5.69 Å². The van der Waals surface area contributed by atoms with Crippen LogP contribution in [0, 0.1) is 0 Å². The molecule has 0 saturated carbocycles. The number of hydrogen-bond acceptors (Lipinski definition) is 5. The maximum Gasteiger partial charge on any atom is 0.243 e. The molecular formula is C17H20N2O4. The second-order valence-corrected chi connectivity index (χ2v) is 4.70. The van der Waals surface area contributed by atoms with Gasteiger partial charge in [0.1, 0.15) is 5.75 Å². The topological polar surface area (TPSA) is 68.8 Å². The van der Waals surface area contributed by atoms with E-state index < -0.39 is 0 Å². The second kappa shape index (κ2) is 7.93. The van der Waals surface area contributed by atoms with Gasteiger partial charge >= 0.3 is 0 Å². The molecule has 1 amide bonds. The number of amides is 1. The predicted molar refractivity (Wildman–Crippen MR) is 89.7 cm³/mol. The third-order valence-electron chi connectivity index (χ3n) is 3.19. The molecule has 6 nitrogen and oxygen atoms in total. The normalized spacial score (nSPS) is 9.87. The summed E-state index contributed by atoms with van der Waals surface area (Å²) in [6, 6.07) is 12.6. The number of carbonyl (C=O) groups is 1. The van der Waals surface area contributed by atoms with Gasteiger partial charge in [-0.3, -0.25) is 4.79 Å². The van der Waals surface area contributed by atoms with E-state index in [1.54, 1.807) is 45.6 Å². The fraction of sp³-hybridized carbons (Fsp3) is 0.235. The molecule has 0 aromatic heterocycles. The average Bonchev–Trinajstić information content (AvgIpc) is 2.59. The molecule has 0 heterocycles. The molecule has 2 aromatic carbocycles. The number of carbonyl (C=O) groups excluding carboxylic acids is 1. The van der Waals surface area contributed by atoms with Gasteiger partial charge in [0, 0.05) is 23.5 Å². The summed E-state index contributed by atoms with van der Waals surface area (Å²) in [6.45, 7) is 0.132. The highest BCUT2D eigenvalue weighted by Crippen LogP contribution is 2.29. The molecule has 0 fully saturated rings. The van der Waals surface area contributed by atoms with Gasteiger partial charge in [-0.2, -0.15) is 0 Å². The monoisotopic (exact) mass is 316 g/mol. The highest BCUT2D eigenvalue weighted by Gasteiger charge is 2.07. The van der Waals surface area contributed by atoms with E-state index in [2.05, 4.69) is 10.6 Å². The lowest BCUT2D eigenvalue weighted by Crippen LogP contribution is -2.21. The van der Waals surface area contributed by atoms with Gasteiger partial charge in [0.05, 0.1) is 27.9 Å². The summed E-state index contributed by atoms with van der Waals surface area (Å²) in [5.74, 6) is 1.77. The average molecular weight is 316 g/mol. The summed E-state index contributed by atoms with van der Waals surface area (Å²) in [6.07, 6.45) is 0. The second-order valence-electron chi connectivity index (χ2n) is 4.70. The molecule has 0 aliphatic carbocycles. The van der Waals surface area contributed by atoms with E-state index >= 15 is 0 Å². The van der Waals surface area contributed by atoms with Crippen molar-refractivity contribution in [3.05, 3.63) is 42.5 Å². The highest BCUT2D eigenvalue weighted by atomic mass is 16.5. The molecular weight excluding hydrogens is 296 g/mol. The molecule has 2 rings (SSSR count). The van der Waals surface area contributed by atoms with E-state index in [1.807, 2.05) is 18.2 Å². The van der Waals surface area contributed by atoms with Gasteiger partial charge in [-0.1, -0.05) is 6.07 Å². The molecule has 122 valence electrons. The molecule has 0 radical (unpaired) electrons. The van der Waals surface area contributed by atoms with Crippen LogP contribution < -0.4 is 24.8 Å². The first kappa shape index (κ1) is 16.5. The number of rotatable bonds is 7. The van der Waals surface area contributed by atoms with E-state index in [9.17, 15) is 4.79 Å². The predicted octanol–water partition coefficient (Wildman–Crippen LogP) is 2.76. The summed E-state index contributed by atoms with van der Waals surface area (Å²) < 4.78 is 15.5. The van der Waals surface area contributed by atoms with Crippen LogP contribution in [-0.2, 0) is 4.79 Å². The van der Waals surface area contributed by atoms with Crippen molar-refractivity contribution in [2.45, 2.75) is 0 Å². The molecule has 0 atom stereocenters. The molecule has 0 aliphatic heterocycles. The lowest BCUT2D eigenvalue weighted by molar-refractivity contribution is -0.114. The Morgan fingerprint density at radius 1 is 0.913 bits per heavy atom. The molecule has 2 N–H and O–H groups in total. The lowest BCUT2D eigenvalue weighted by Gasteiger charge is -2.11. The maximum atomic E-state index is 12.0. The van der Waals surface area contributed by atoms with Gasteiger partial charge in [0.15, 0.2) is 11.5 Å². The van der Waals surface area contributed by atoms with Crippen LogP contribution in [0.15, 0.2) is 42.5 Å². The Labute approximate surface area is 135 Å². The quantitative estimate of drug-likeness (QED) is 0.822. The number of benzene rings is 2. The molecule has 0 bridgehead atoms. The first-order chi connectivity index (χ1) is 11.2. The van der Waals surface area contributed by atoms with Crippen molar-refractivity contribution in [2.75, 3.05) is 38.5 Å². The SMILES string of the molecule is COc1cccc(NC(=O)CNc2ccc(OC)c(OC)c2)c1. The summed E-state index contributed by atoms with van der Waals surface area (Å²) in [7, 11) is 4.73. The van der Waals surface area contributed by atoms with Crippen LogP contribution in [0.25, 0.3) is 0 Å². The van der Waals surface area contributed by atoms with Gasteiger partial charge in [-0.15, -0.1) is 0 Å². The van der Waals surface area contributed by atoms with Crippen molar-refractivity contribution in [1.82, 2.24) is 0 Å². The molecule has 0 unspecified atom stereocenters. The van der Waals surface area contributed by atoms with E-state index in [0.29, 0.717) is 22.9 Å².